The SMILES string of the molecule is Cc1ncsc1C(=O)NC1CCC(n2nc3c(cc2=O)CCCC3)CC1. The molecule has 26 heavy (non-hydrogen) atoms. The number of aryl methyl sites for hydroxylation is 3. The van der Waals surface area contributed by atoms with Crippen molar-refractivity contribution in [2.24, 2.45) is 0 Å². The Morgan fingerprint density at radius 2 is 2.00 bits per heavy atom. The highest BCUT2D eigenvalue weighted by Crippen LogP contribution is 2.28. The van der Waals surface area contributed by atoms with E-state index in [9.17, 15) is 9.59 Å². The number of hydrogen-bond acceptors (Lipinski definition) is 5. The highest BCUT2D eigenvalue weighted by molar-refractivity contribution is 7.11. The normalized spacial score (nSPS) is 22.7. The van der Waals surface area contributed by atoms with Gasteiger partial charge in [-0.3, -0.25) is 9.59 Å². The molecule has 1 fully saturated rings. The van der Waals surface area contributed by atoms with Gasteiger partial charge in [0.05, 0.1) is 22.9 Å². The van der Waals surface area contributed by atoms with E-state index in [1.54, 1.807) is 16.3 Å². The first-order valence-electron chi connectivity index (χ1n) is 9.44. The molecule has 2 aromatic rings. The van der Waals surface area contributed by atoms with Gasteiger partial charge in [0.25, 0.3) is 11.5 Å². The molecule has 1 N–H and O–H groups in total. The van der Waals surface area contributed by atoms with Crippen LogP contribution in [0.2, 0.25) is 0 Å². The Morgan fingerprint density at radius 3 is 2.73 bits per heavy atom. The second-order valence-corrected chi connectivity index (χ2v) is 8.21. The first-order valence-corrected chi connectivity index (χ1v) is 10.3. The average molecular weight is 372 g/mol. The molecule has 0 bridgehead atoms. The maximum absolute atomic E-state index is 12.5. The third-order valence-corrected chi connectivity index (χ3v) is 6.49. The summed E-state index contributed by atoms with van der Waals surface area (Å²) in [6.45, 7) is 1.86. The van der Waals surface area contributed by atoms with Crippen LogP contribution in [0.25, 0.3) is 0 Å². The summed E-state index contributed by atoms with van der Waals surface area (Å²) < 4.78 is 1.70. The van der Waals surface area contributed by atoms with Crippen molar-refractivity contribution < 1.29 is 4.79 Å². The number of carbonyl (C=O) groups excluding carboxylic acids is 1. The minimum absolute atomic E-state index is 0.0263. The van der Waals surface area contributed by atoms with Gasteiger partial charge in [0, 0.05) is 12.1 Å². The van der Waals surface area contributed by atoms with Crippen LogP contribution in [-0.4, -0.2) is 26.7 Å². The third-order valence-electron chi connectivity index (χ3n) is 5.56. The fourth-order valence-electron chi connectivity index (χ4n) is 4.07. The number of fused-ring (bicyclic) bond motifs is 1. The van der Waals surface area contributed by atoms with E-state index in [1.165, 1.54) is 11.3 Å². The molecule has 0 atom stereocenters. The molecule has 4 rings (SSSR count). The second-order valence-electron chi connectivity index (χ2n) is 7.35. The molecule has 0 saturated heterocycles. The Kier molecular flexibility index (Phi) is 4.89. The second kappa shape index (κ2) is 7.31. The smallest absolute Gasteiger partial charge is 0.267 e. The van der Waals surface area contributed by atoms with Crippen molar-refractivity contribution in [3.05, 3.63) is 43.8 Å². The van der Waals surface area contributed by atoms with Crippen LogP contribution in [0, 0.1) is 6.92 Å². The lowest BCUT2D eigenvalue weighted by atomic mass is 9.91. The van der Waals surface area contributed by atoms with Crippen LogP contribution in [0.5, 0.6) is 0 Å². The fourth-order valence-corrected chi connectivity index (χ4v) is 4.78. The van der Waals surface area contributed by atoms with E-state index in [-0.39, 0.29) is 23.6 Å². The van der Waals surface area contributed by atoms with Crippen LogP contribution >= 0.6 is 11.3 Å². The predicted molar refractivity (Wildman–Crippen MR) is 101 cm³/mol. The first-order chi connectivity index (χ1) is 12.6. The van der Waals surface area contributed by atoms with E-state index in [0.29, 0.717) is 4.88 Å². The molecule has 2 aromatic heterocycles. The molecule has 0 spiro atoms. The lowest BCUT2D eigenvalue weighted by Gasteiger charge is -2.30. The quantitative estimate of drug-likeness (QED) is 0.899. The summed E-state index contributed by atoms with van der Waals surface area (Å²) in [7, 11) is 0. The van der Waals surface area contributed by atoms with Crippen LogP contribution in [0.4, 0.5) is 0 Å². The van der Waals surface area contributed by atoms with Crippen LogP contribution < -0.4 is 10.9 Å². The van der Waals surface area contributed by atoms with Crippen molar-refractivity contribution in [1.29, 1.82) is 0 Å². The standard InChI is InChI=1S/C19H24N4O2S/c1-12-18(26-11-20-12)19(25)21-14-6-8-15(9-7-14)23-17(24)10-13-4-2-3-5-16(13)22-23/h10-11,14-15H,2-9H2,1H3,(H,21,25). The molecule has 0 aromatic carbocycles. The molecule has 2 aliphatic carbocycles. The molecule has 1 amide bonds. The van der Waals surface area contributed by atoms with E-state index in [4.69, 9.17) is 0 Å². The molecule has 2 heterocycles. The molecular weight excluding hydrogens is 348 g/mol. The number of hydrogen-bond donors (Lipinski definition) is 1. The summed E-state index contributed by atoms with van der Waals surface area (Å²) in [6, 6.07) is 2.10. The maximum atomic E-state index is 12.5. The minimum Gasteiger partial charge on any atom is -0.349 e. The lowest BCUT2D eigenvalue weighted by molar-refractivity contribution is 0.0924. The van der Waals surface area contributed by atoms with E-state index in [1.807, 2.05) is 6.92 Å². The third kappa shape index (κ3) is 3.45. The van der Waals surface area contributed by atoms with Gasteiger partial charge >= 0.3 is 0 Å². The van der Waals surface area contributed by atoms with Gasteiger partial charge in [0.15, 0.2) is 0 Å². The van der Waals surface area contributed by atoms with Crippen molar-refractivity contribution in [1.82, 2.24) is 20.1 Å². The number of thiazole rings is 1. The molecular formula is C19H24N4O2S. The van der Waals surface area contributed by atoms with Crippen molar-refractivity contribution >= 4 is 17.2 Å². The zero-order valence-electron chi connectivity index (χ0n) is 15.0. The Hall–Kier alpha value is -2.02. The van der Waals surface area contributed by atoms with Crippen LogP contribution in [0.3, 0.4) is 0 Å². The fraction of sp³-hybridized carbons (Fsp3) is 0.579. The zero-order valence-corrected chi connectivity index (χ0v) is 15.8. The number of nitrogens with one attached hydrogen (secondary N) is 1. The number of nitrogens with zero attached hydrogens (tertiary/aromatic N) is 3. The van der Waals surface area contributed by atoms with E-state index >= 15 is 0 Å². The van der Waals surface area contributed by atoms with Gasteiger partial charge < -0.3 is 5.32 Å². The van der Waals surface area contributed by atoms with Gasteiger partial charge in [-0.15, -0.1) is 11.3 Å². The van der Waals surface area contributed by atoms with Crippen molar-refractivity contribution in [3.8, 4) is 0 Å². The lowest BCUT2D eigenvalue weighted by Crippen LogP contribution is -2.40. The van der Waals surface area contributed by atoms with Gasteiger partial charge in [-0.25, -0.2) is 9.67 Å². The Bertz CT molecular complexity index is 865. The van der Waals surface area contributed by atoms with Crippen LogP contribution in [0.1, 0.15) is 71.2 Å². The molecule has 6 nitrogen and oxygen atoms in total. The molecule has 1 saturated carbocycles. The zero-order chi connectivity index (χ0) is 18.1. The first kappa shape index (κ1) is 17.4. The molecule has 0 aliphatic heterocycles. The largest absolute Gasteiger partial charge is 0.349 e. The van der Waals surface area contributed by atoms with E-state index < -0.39 is 0 Å². The highest BCUT2D eigenvalue weighted by Gasteiger charge is 2.26. The van der Waals surface area contributed by atoms with Gasteiger partial charge in [-0.1, -0.05) is 0 Å². The number of rotatable bonds is 3. The summed E-state index contributed by atoms with van der Waals surface area (Å²) >= 11 is 1.38. The number of amides is 1. The van der Waals surface area contributed by atoms with Crippen LogP contribution in [0.15, 0.2) is 16.4 Å². The summed E-state index contributed by atoms with van der Waals surface area (Å²) in [5.74, 6) is -0.0301. The summed E-state index contributed by atoms with van der Waals surface area (Å²) in [4.78, 5) is 29.7. The molecule has 0 unspecified atom stereocenters. The molecule has 7 heteroatoms. The van der Waals surface area contributed by atoms with Crippen LogP contribution in [-0.2, 0) is 12.8 Å². The minimum atomic E-state index is -0.0301. The van der Waals surface area contributed by atoms with E-state index in [2.05, 4.69) is 15.4 Å². The predicted octanol–water partition coefficient (Wildman–Crippen LogP) is 2.80. The van der Waals surface area contributed by atoms with Gasteiger partial charge in [-0.2, -0.15) is 5.10 Å². The molecule has 0 radical (unpaired) electrons. The van der Waals surface area contributed by atoms with Crippen molar-refractivity contribution in [3.63, 3.8) is 0 Å². The van der Waals surface area contributed by atoms with Crippen molar-refractivity contribution in [2.75, 3.05) is 0 Å². The summed E-state index contributed by atoms with van der Waals surface area (Å²) in [6.07, 6.45) is 7.77. The van der Waals surface area contributed by atoms with Gasteiger partial charge in [-0.05, 0) is 63.9 Å². The van der Waals surface area contributed by atoms with Crippen molar-refractivity contribution in [2.45, 2.75) is 70.4 Å². The number of aromatic nitrogens is 3. The van der Waals surface area contributed by atoms with Gasteiger partial charge in [0.1, 0.15) is 4.88 Å². The maximum Gasteiger partial charge on any atom is 0.267 e. The molecule has 2 aliphatic rings. The Balaban J connectivity index is 1.40. The monoisotopic (exact) mass is 372 g/mol. The average Bonchev–Trinajstić information content (AvgIpc) is 3.08. The van der Waals surface area contributed by atoms with E-state index in [0.717, 1.165) is 68.3 Å². The highest BCUT2D eigenvalue weighted by atomic mass is 32.1. The molecule has 138 valence electrons. The summed E-state index contributed by atoms with van der Waals surface area (Å²) in [5, 5.41) is 7.81. The topological polar surface area (TPSA) is 76.9 Å². The Labute approximate surface area is 156 Å². The summed E-state index contributed by atoms with van der Waals surface area (Å²) in [5.41, 5.74) is 4.75. The Morgan fingerprint density at radius 1 is 1.23 bits per heavy atom. The van der Waals surface area contributed by atoms with Gasteiger partial charge in [0.2, 0.25) is 0 Å². The number of carbonyl (C=O) groups is 1.